The first-order chi connectivity index (χ1) is 10.3. The van der Waals surface area contributed by atoms with Crippen LogP contribution >= 0.6 is 27.3 Å². The number of hydrogen-bond acceptors (Lipinski definition) is 4. The van der Waals surface area contributed by atoms with Gasteiger partial charge in [0.2, 0.25) is 0 Å². The lowest BCUT2D eigenvalue weighted by molar-refractivity contribution is -0.113. The second-order valence-electron chi connectivity index (χ2n) is 4.64. The minimum Gasteiger partial charge on any atom is -0.312 e. The van der Waals surface area contributed by atoms with Gasteiger partial charge >= 0.3 is 0 Å². The van der Waals surface area contributed by atoms with Gasteiger partial charge in [-0.1, -0.05) is 0 Å². The molecule has 7 heteroatoms. The lowest BCUT2D eigenvalue weighted by Gasteiger charge is -2.15. The molecule has 2 aromatic rings. The van der Waals surface area contributed by atoms with E-state index in [2.05, 4.69) is 15.9 Å². The molecule has 1 aromatic carbocycles. The molecular formula is C15H14BrNO3S2. The van der Waals surface area contributed by atoms with Crippen LogP contribution in [0.1, 0.15) is 4.88 Å². The maximum atomic E-state index is 12.1. The van der Waals surface area contributed by atoms with Crippen molar-refractivity contribution in [1.82, 2.24) is 0 Å². The third kappa shape index (κ3) is 4.28. The van der Waals surface area contributed by atoms with Gasteiger partial charge < -0.3 is 4.90 Å². The van der Waals surface area contributed by atoms with Gasteiger partial charge in [0.25, 0.3) is 5.91 Å². The van der Waals surface area contributed by atoms with Crippen molar-refractivity contribution in [3.8, 4) is 0 Å². The van der Waals surface area contributed by atoms with E-state index in [1.54, 1.807) is 25.3 Å². The van der Waals surface area contributed by atoms with Crippen LogP contribution in [-0.2, 0) is 14.6 Å². The number of nitrogens with zero attached hydrogens (tertiary/aromatic N) is 1. The summed E-state index contributed by atoms with van der Waals surface area (Å²) in [5, 5.41) is 0. The largest absolute Gasteiger partial charge is 0.312 e. The Morgan fingerprint density at radius 2 is 1.82 bits per heavy atom. The normalized spacial score (nSPS) is 11.8. The molecule has 0 radical (unpaired) electrons. The molecule has 0 saturated carbocycles. The van der Waals surface area contributed by atoms with Crippen LogP contribution in [-0.4, -0.2) is 27.6 Å². The van der Waals surface area contributed by atoms with E-state index in [4.69, 9.17) is 0 Å². The minimum atomic E-state index is -3.23. The van der Waals surface area contributed by atoms with Gasteiger partial charge in [0.05, 0.1) is 8.68 Å². The van der Waals surface area contributed by atoms with Crippen molar-refractivity contribution in [2.75, 3.05) is 18.2 Å². The highest BCUT2D eigenvalue weighted by Gasteiger charge is 2.10. The van der Waals surface area contributed by atoms with Gasteiger partial charge in [0.1, 0.15) is 0 Å². The quantitative estimate of drug-likeness (QED) is 0.738. The molecular weight excluding hydrogens is 386 g/mol. The monoisotopic (exact) mass is 399 g/mol. The van der Waals surface area contributed by atoms with E-state index in [0.717, 1.165) is 14.9 Å². The molecule has 0 aliphatic heterocycles. The Hall–Kier alpha value is -1.44. The third-order valence-corrected chi connectivity index (χ3v) is 5.68. The summed E-state index contributed by atoms with van der Waals surface area (Å²) in [4.78, 5) is 14.8. The van der Waals surface area contributed by atoms with E-state index >= 15 is 0 Å². The Kier molecular flexibility index (Phi) is 5.20. The minimum absolute atomic E-state index is 0.184. The highest BCUT2D eigenvalue weighted by atomic mass is 79.9. The van der Waals surface area contributed by atoms with Gasteiger partial charge in [-0.3, -0.25) is 4.79 Å². The van der Waals surface area contributed by atoms with Crippen molar-refractivity contribution < 1.29 is 13.2 Å². The average molecular weight is 400 g/mol. The molecule has 2 rings (SSSR count). The maximum Gasteiger partial charge on any atom is 0.250 e. The van der Waals surface area contributed by atoms with Crippen LogP contribution in [0.25, 0.3) is 6.08 Å². The molecule has 116 valence electrons. The van der Waals surface area contributed by atoms with Crippen LogP contribution in [0.4, 0.5) is 5.69 Å². The summed E-state index contributed by atoms with van der Waals surface area (Å²) in [6.07, 6.45) is 4.39. The maximum absolute atomic E-state index is 12.1. The number of amides is 1. The molecule has 22 heavy (non-hydrogen) atoms. The molecule has 0 atom stereocenters. The number of rotatable bonds is 4. The lowest BCUT2D eigenvalue weighted by atomic mass is 10.3. The van der Waals surface area contributed by atoms with Crippen molar-refractivity contribution in [3.05, 3.63) is 51.1 Å². The first-order valence-electron chi connectivity index (χ1n) is 6.28. The highest BCUT2D eigenvalue weighted by Crippen LogP contribution is 2.23. The second kappa shape index (κ2) is 6.76. The smallest absolute Gasteiger partial charge is 0.250 e. The van der Waals surface area contributed by atoms with E-state index < -0.39 is 9.84 Å². The Balaban J connectivity index is 2.12. The molecule has 1 amide bonds. The number of likely N-dealkylation sites (N-methyl/N-ethyl adjacent to an activating group) is 1. The molecule has 4 nitrogen and oxygen atoms in total. The van der Waals surface area contributed by atoms with Crippen LogP contribution in [0, 0.1) is 0 Å². The molecule has 0 fully saturated rings. The molecule has 0 bridgehead atoms. The van der Waals surface area contributed by atoms with Crippen molar-refractivity contribution in [3.63, 3.8) is 0 Å². The molecule has 0 saturated heterocycles. The van der Waals surface area contributed by atoms with Crippen LogP contribution < -0.4 is 4.90 Å². The van der Waals surface area contributed by atoms with Gasteiger partial charge in [0.15, 0.2) is 9.84 Å². The predicted molar refractivity (Wildman–Crippen MR) is 94.0 cm³/mol. The zero-order chi connectivity index (χ0) is 16.3. The fourth-order valence-electron chi connectivity index (χ4n) is 1.73. The van der Waals surface area contributed by atoms with Gasteiger partial charge in [-0.05, 0) is 58.4 Å². The lowest BCUT2D eigenvalue weighted by Crippen LogP contribution is -2.23. The Bertz CT molecular complexity index is 808. The molecule has 0 spiro atoms. The first kappa shape index (κ1) is 16.9. The third-order valence-electron chi connectivity index (χ3n) is 2.97. The number of carbonyl (C=O) groups is 1. The summed E-state index contributed by atoms with van der Waals surface area (Å²) < 4.78 is 23.8. The van der Waals surface area contributed by atoms with E-state index in [9.17, 15) is 13.2 Å². The molecule has 0 aliphatic rings. The summed E-state index contributed by atoms with van der Waals surface area (Å²) in [5.74, 6) is -0.184. The molecule has 0 unspecified atom stereocenters. The Labute approximate surface area is 142 Å². The molecule has 0 N–H and O–H groups in total. The average Bonchev–Trinajstić information content (AvgIpc) is 2.89. The first-order valence-corrected chi connectivity index (χ1v) is 9.79. The summed E-state index contributed by atoms with van der Waals surface area (Å²) in [5.41, 5.74) is 0.634. The van der Waals surface area contributed by atoms with Crippen molar-refractivity contribution in [2.45, 2.75) is 4.90 Å². The number of halogens is 1. The number of carbonyl (C=O) groups excluding carboxylic acids is 1. The summed E-state index contributed by atoms with van der Waals surface area (Å²) in [6, 6.07) is 10.1. The predicted octanol–water partition coefficient (Wildman–Crippen LogP) is 3.59. The van der Waals surface area contributed by atoms with E-state index in [0.29, 0.717) is 5.69 Å². The zero-order valence-corrected chi connectivity index (χ0v) is 15.2. The number of hydrogen-bond donors (Lipinski definition) is 0. The molecule has 0 aliphatic carbocycles. The van der Waals surface area contributed by atoms with Crippen LogP contribution in [0.15, 0.2) is 51.2 Å². The van der Waals surface area contributed by atoms with E-state index in [-0.39, 0.29) is 10.8 Å². The number of anilines is 1. The number of thiophene rings is 1. The van der Waals surface area contributed by atoms with Crippen molar-refractivity contribution in [1.29, 1.82) is 0 Å². The Morgan fingerprint density at radius 3 is 2.32 bits per heavy atom. The number of benzene rings is 1. The second-order valence-corrected chi connectivity index (χ2v) is 9.15. The number of sulfone groups is 1. The van der Waals surface area contributed by atoms with Gasteiger partial charge in [0, 0.05) is 29.9 Å². The van der Waals surface area contributed by atoms with Crippen LogP contribution in [0.2, 0.25) is 0 Å². The Morgan fingerprint density at radius 1 is 1.18 bits per heavy atom. The van der Waals surface area contributed by atoms with E-state index in [1.165, 1.54) is 34.4 Å². The fraction of sp³-hybridized carbons (Fsp3) is 0.133. The van der Waals surface area contributed by atoms with Crippen LogP contribution in [0.3, 0.4) is 0 Å². The highest BCUT2D eigenvalue weighted by molar-refractivity contribution is 9.11. The van der Waals surface area contributed by atoms with Crippen LogP contribution in [0.5, 0.6) is 0 Å². The van der Waals surface area contributed by atoms with Gasteiger partial charge in [-0.2, -0.15) is 0 Å². The van der Waals surface area contributed by atoms with Gasteiger partial charge in [-0.15, -0.1) is 11.3 Å². The SMILES string of the molecule is CN(C(=O)/C=C/c1ccc(Br)s1)c1ccc(S(C)(=O)=O)cc1. The summed E-state index contributed by atoms with van der Waals surface area (Å²) in [6.45, 7) is 0. The standard InChI is InChI=1S/C15H14BrNO3S2/c1-17(11-3-7-13(8-4-11)22(2,19)20)15(18)10-6-12-5-9-14(16)21-12/h3-10H,1-2H3/b10-6+. The summed E-state index contributed by atoms with van der Waals surface area (Å²) in [7, 11) is -1.58. The van der Waals surface area contributed by atoms with E-state index in [1.807, 2.05) is 12.1 Å². The zero-order valence-electron chi connectivity index (χ0n) is 12.0. The molecule has 1 aromatic heterocycles. The summed E-state index contributed by atoms with van der Waals surface area (Å²) >= 11 is 4.90. The van der Waals surface area contributed by atoms with Crippen molar-refractivity contribution in [2.24, 2.45) is 0 Å². The van der Waals surface area contributed by atoms with Crippen molar-refractivity contribution >= 4 is 54.8 Å². The van der Waals surface area contributed by atoms with Gasteiger partial charge in [-0.25, -0.2) is 8.42 Å². The topological polar surface area (TPSA) is 54.5 Å². The molecule has 1 heterocycles. The fourth-order valence-corrected chi connectivity index (χ4v) is 3.68.